The number of nitro groups is 1. The van der Waals surface area contributed by atoms with Crippen molar-refractivity contribution in [2.45, 2.75) is 6.54 Å². The minimum Gasteiger partial charge on any atom is -0.369 e. The first kappa shape index (κ1) is 22.9. The molecule has 0 spiro atoms. The van der Waals surface area contributed by atoms with Gasteiger partial charge < -0.3 is 4.90 Å². The number of hydrogen-bond acceptors (Lipinski definition) is 6. The van der Waals surface area contributed by atoms with Crippen LogP contribution in [0.1, 0.15) is 5.82 Å². The van der Waals surface area contributed by atoms with Crippen molar-refractivity contribution >= 4 is 33.9 Å². The summed E-state index contributed by atoms with van der Waals surface area (Å²) in [7, 11) is 0. The number of para-hydroxylation sites is 1. The van der Waals surface area contributed by atoms with E-state index >= 15 is 0 Å². The summed E-state index contributed by atoms with van der Waals surface area (Å²) in [5, 5.41) is 12.0. The normalized spacial score (nSPS) is 14.4. The third-order valence-corrected chi connectivity index (χ3v) is 6.37. The molecule has 35 heavy (non-hydrogen) atoms. The molecule has 1 aliphatic heterocycles. The van der Waals surface area contributed by atoms with Crippen molar-refractivity contribution in [3.8, 4) is 5.69 Å². The summed E-state index contributed by atoms with van der Waals surface area (Å²) in [6.45, 7) is 3.24. The van der Waals surface area contributed by atoms with Crippen LogP contribution in [-0.2, 0) is 6.54 Å². The van der Waals surface area contributed by atoms with Crippen LogP contribution in [-0.4, -0.2) is 45.6 Å². The molecule has 1 aromatic heterocycles. The van der Waals surface area contributed by atoms with Gasteiger partial charge in [-0.15, -0.1) is 0 Å². The minimum absolute atomic E-state index is 0.0611. The second kappa shape index (κ2) is 9.44. The van der Waals surface area contributed by atoms with E-state index < -0.39 is 16.3 Å². The molecule has 178 valence electrons. The van der Waals surface area contributed by atoms with Gasteiger partial charge in [-0.25, -0.2) is 9.37 Å². The van der Waals surface area contributed by atoms with Crippen molar-refractivity contribution < 1.29 is 9.31 Å². The summed E-state index contributed by atoms with van der Waals surface area (Å²) in [4.78, 5) is 33.2. The zero-order valence-electron chi connectivity index (χ0n) is 18.6. The molecule has 0 amide bonds. The smallest absolute Gasteiger partial charge is 0.270 e. The molecule has 1 saturated heterocycles. The van der Waals surface area contributed by atoms with Crippen LogP contribution < -0.4 is 10.5 Å². The fourth-order valence-corrected chi connectivity index (χ4v) is 4.54. The van der Waals surface area contributed by atoms with Gasteiger partial charge in [0.05, 0.1) is 28.1 Å². The molecule has 0 aliphatic carbocycles. The Labute approximate surface area is 204 Å². The summed E-state index contributed by atoms with van der Waals surface area (Å²) in [5.41, 5.74) is 0.676. The van der Waals surface area contributed by atoms with Crippen LogP contribution in [0.2, 0.25) is 5.02 Å². The van der Waals surface area contributed by atoms with Crippen molar-refractivity contribution in [1.29, 1.82) is 0 Å². The van der Waals surface area contributed by atoms with E-state index in [0.717, 1.165) is 18.8 Å². The van der Waals surface area contributed by atoms with E-state index in [-0.39, 0.29) is 16.8 Å². The second-order valence-corrected chi connectivity index (χ2v) is 8.76. The van der Waals surface area contributed by atoms with Crippen LogP contribution in [0.4, 0.5) is 15.8 Å². The first-order chi connectivity index (χ1) is 16.9. The Hall–Kier alpha value is -3.82. The van der Waals surface area contributed by atoms with E-state index in [4.69, 9.17) is 11.6 Å². The van der Waals surface area contributed by atoms with E-state index in [0.29, 0.717) is 36.0 Å². The second-order valence-electron chi connectivity index (χ2n) is 8.32. The van der Waals surface area contributed by atoms with Gasteiger partial charge in [0.2, 0.25) is 0 Å². The monoisotopic (exact) mass is 493 g/mol. The minimum atomic E-state index is -0.576. The quantitative estimate of drug-likeness (QED) is 0.302. The van der Waals surface area contributed by atoms with E-state index in [2.05, 4.69) is 14.8 Å². The van der Waals surface area contributed by atoms with Crippen LogP contribution in [0.5, 0.6) is 0 Å². The third-order valence-electron chi connectivity index (χ3n) is 6.14. The summed E-state index contributed by atoms with van der Waals surface area (Å²) in [6.07, 6.45) is 0. The predicted octanol–water partition coefficient (Wildman–Crippen LogP) is 4.41. The average molecular weight is 494 g/mol. The summed E-state index contributed by atoms with van der Waals surface area (Å²) in [5.74, 6) is -0.203. The van der Waals surface area contributed by atoms with E-state index in [1.165, 1.54) is 41.0 Å². The van der Waals surface area contributed by atoms with Crippen LogP contribution in [0, 0.1) is 15.9 Å². The molecule has 3 aromatic carbocycles. The number of fused-ring (bicyclic) bond motifs is 1. The molecule has 0 atom stereocenters. The molecule has 4 aromatic rings. The number of benzene rings is 3. The lowest BCUT2D eigenvalue weighted by Gasteiger charge is -2.36. The zero-order valence-corrected chi connectivity index (χ0v) is 19.4. The lowest BCUT2D eigenvalue weighted by molar-refractivity contribution is -0.384. The number of hydrogen-bond donors (Lipinski definition) is 0. The molecule has 10 heteroatoms. The summed E-state index contributed by atoms with van der Waals surface area (Å²) < 4.78 is 16.0. The van der Waals surface area contributed by atoms with Gasteiger partial charge >= 0.3 is 0 Å². The number of aromatic nitrogens is 2. The Morgan fingerprint density at radius 2 is 1.77 bits per heavy atom. The lowest BCUT2D eigenvalue weighted by atomic mass is 10.2. The van der Waals surface area contributed by atoms with Crippen LogP contribution in [0.25, 0.3) is 16.6 Å². The highest BCUT2D eigenvalue weighted by atomic mass is 35.5. The number of rotatable bonds is 5. The molecule has 1 fully saturated rings. The number of piperazine rings is 1. The predicted molar refractivity (Wildman–Crippen MR) is 133 cm³/mol. The van der Waals surface area contributed by atoms with Crippen molar-refractivity contribution in [1.82, 2.24) is 14.5 Å². The number of non-ortho nitro benzene ring substituents is 1. The Bertz CT molecular complexity index is 1480. The topological polar surface area (TPSA) is 84.5 Å². The van der Waals surface area contributed by atoms with Crippen molar-refractivity contribution in [2.24, 2.45) is 0 Å². The standard InChI is InChI=1S/C25H21ClFN5O3/c26-17-4-3-5-18(14-17)30-12-10-29(11-13-30)16-24-28-22-9-8-19(32(34)35)15-20(22)25(33)31(24)23-7-2-1-6-21(23)27/h1-9,14-15H,10-13,16H2. The van der Waals surface area contributed by atoms with Crippen molar-refractivity contribution in [3.63, 3.8) is 0 Å². The highest BCUT2D eigenvalue weighted by Gasteiger charge is 2.22. The Morgan fingerprint density at radius 1 is 1.00 bits per heavy atom. The molecule has 8 nitrogen and oxygen atoms in total. The maximum absolute atomic E-state index is 14.8. The molecule has 1 aliphatic rings. The summed E-state index contributed by atoms with van der Waals surface area (Å²) in [6, 6.07) is 17.6. The third kappa shape index (κ3) is 4.60. The van der Waals surface area contributed by atoms with Crippen LogP contribution >= 0.6 is 11.6 Å². The molecule has 2 heterocycles. The summed E-state index contributed by atoms with van der Waals surface area (Å²) >= 11 is 6.13. The van der Waals surface area contributed by atoms with Crippen LogP contribution in [0.3, 0.4) is 0 Å². The van der Waals surface area contributed by atoms with Gasteiger partial charge in [-0.1, -0.05) is 29.8 Å². The first-order valence-electron chi connectivity index (χ1n) is 11.1. The van der Waals surface area contributed by atoms with Crippen LogP contribution in [0.15, 0.2) is 71.5 Å². The Kier molecular flexibility index (Phi) is 6.19. The number of halogens is 2. The van der Waals surface area contributed by atoms with Crippen molar-refractivity contribution in [2.75, 3.05) is 31.1 Å². The maximum atomic E-state index is 14.8. The van der Waals surface area contributed by atoms with Gasteiger partial charge in [0.25, 0.3) is 11.2 Å². The van der Waals surface area contributed by atoms with Gasteiger partial charge in [-0.05, 0) is 36.4 Å². The number of nitrogens with zero attached hydrogens (tertiary/aromatic N) is 5. The highest BCUT2D eigenvalue weighted by Crippen LogP contribution is 2.23. The molecule has 0 N–H and O–H groups in total. The fraction of sp³-hybridized carbons (Fsp3) is 0.200. The lowest BCUT2D eigenvalue weighted by Crippen LogP contribution is -2.46. The Balaban J connectivity index is 1.50. The zero-order chi connectivity index (χ0) is 24.5. The van der Waals surface area contributed by atoms with E-state index in [1.807, 2.05) is 24.3 Å². The molecule has 0 unspecified atom stereocenters. The number of anilines is 1. The molecule has 0 radical (unpaired) electrons. The van der Waals surface area contributed by atoms with Crippen molar-refractivity contribution in [3.05, 3.63) is 104 Å². The fourth-order valence-electron chi connectivity index (χ4n) is 4.36. The molecular weight excluding hydrogens is 473 g/mol. The Morgan fingerprint density at radius 3 is 2.49 bits per heavy atom. The van der Waals surface area contributed by atoms with E-state index in [1.54, 1.807) is 6.07 Å². The molecule has 0 bridgehead atoms. The number of nitro benzene ring substituents is 1. The van der Waals surface area contributed by atoms with Gasteiger partial charge in [0.1, 0.15) is 11.6 Å². The van der Waals surface area contributed by atoms with Gasteiger partial charge in [-0.3, -0.25) is 24.4 Å². The van der Waals surface area contributed by atoms with Gasteiger partial charge in [0, 0.05) is 49.0 Å². The maximum Gasteiger partial charge on any atom is 0.270 e. The largest absolute Gasteiger partial charge is 0.369 e. The molecule has 0 saturated carbocycles. The highest BCUT2D eigenvalue weighted by molar-refractivity contribution is 6.30. The molecular formula is C25H21ClFN5O3. The van der Waals surface area contributed by atoms with E-state index in [9.17, 15) is 19.3 Å². The molecule has 5 rings (SSSR count). The van der Waals surface area contributed by atoms with Gasteiger partial charge in [-0.2, -0.15) is 0 Å². The first-order valence-corrected chi connectivity index (χ1v) is 11.5. The average Bonchev–Trinajstić information content (AvgIpc) is 2.85. The van der Waals surface area contributed by atoms with Gasteiger partial charge in [0.15, 0.2) is 0 Å². The SMILES string of the molecule is O=c1c2cc([N+](=O)[O-])ccc2nc(CN2CCN(c3cccc(Cl)c3)CC2)n1-c1ccccc1F.